The molecule has 2 rings (SSSR count). The van der Waals surface area contributed by atoms with E-state index >= 15 is 0 Å². The fourth-order valence-electron chi connectivity index (χ4n) is 2.28. The van der Waals surface area contributed by atoms with Gasteiger partial charge in [-0.15, -0.1) is 0 Å². The molecule has 4 nitrogen and oxygen atoms in total. The van der Waals surface area contributed by atoms with E-state index in [1.54, 1.807) is 0 Å². The molecule has 18 heavy (non-hydrogen) atoms. The maximum Gasteiger partial charge on any atom is 0.326 e. The van der Waals surface area contributed by atoms with E-state index in [1.807, 2.05) is 44.2 Å². The monoisotopic (exact) mass is 247 g/mol. The van der Waals surface area contributed by atoms with Gasteiger partial charge >= 0.3 is 5.97 Å². The van der Waals surface area contributed by atoms with Crippen molar-refractivity contribution in [3.8, 4) is 0 Å². The van der Waals surface area contributed by atoms with Gasteiger partial charge in [-0.25, -0.2) is 4.79 Å². The number of carboxylic acid groups (broad SMARTS) is 1. The molecule has 1 N–H and O–H groups in total. The lowest BCUT2D eigenvalue weighted by atomic mass is 9.81. The van der Waals surface area contributed by atoms with Gasteiger partial charge in [0.05, 0.1) is 5.41 Å². The number of rotatable bonds is 4. The summed E-state index contributed by atoms with van der Waals surface area (Å²) in [7, 11) is 0. The van der Waals surface area contributed by atoms with Gasteiger partial charge in [0.2, 0.25) is 5.91 Å². The maximum atomic E-state index is 11.9. The smallest absolute Gasteiger partial charge is 0.326 e. The number of β-lactam (4-membered cyclic amide) rings is 1. The highest BCUT2D eigenvalue weighted by Crippen LogP contribution is 2.33. The maximum absolute atomic E-state index is 11.9. The number of carboxylic acids is 1. The predicted molar refractivity (Wildman–Crippen MR) is 67.1 cm³/mol. The van der Waals surface area contributed by atoms with Crippen molar-refractivity contribution < 1.29 is 14.7 Å². The average Bonchev–Trinajstić information content (AvgIpc) is 2.34. The molecule has 1 aliphatic rings. The molecule has 1 fully saturated rings. The third-order valence-electron chi connectivity index (χ3n) is 3.34. The second-order valence-corrected chi connectivity index (χ2v) is 5.36. The van der Waals surface area contributed by atoms with Crippen LogP contribution in [-0.2, 0) is 16.0 Å². The van der Waals surface area contributed by atoms with Crippen molar-refractivity contribution in [3.63, 3.8) is 0 Å². The van der Waals surface area contributed by atoms with Crippen molar-refractivity contribution in [1.82, 2.24) is 4.90 Å². The minimum absolute atomic E-state index is 0.0779. The van der Waals surface area contributed by atoms with Crippen molar-refractivity contribution in [3.05, 3.63) is 35.9 Å². The zero-order valence-corrected chi connectivity index (χ0v) is 10.6. The highest BCUT2D eigenvalue weighted by atomic mass is 16.4. The number of hydrogen-bond acceptors (Lipinski definition) is 2. The molecule has 1 atom stereocenters. The van der Waals surface area contributed by atoms with Crippen LogP contribution in [-0.4, -0.2) is 34.5 Å². The van der Waals surface area contributed by atoms with Crippen molar-refractivity contribution in [1.29, 1.82) is 0 Å². The Morgan fingerprint density at radius 3 is 2.44 bits per heavy atom. The van der Waals surface area contributed by atoms with Crippen molar-refractivity contribution in [2.45, 2.75) is 26.3 Å². The van der Waals surface area contributed by atoms with Gasteiger partial charge in [-0.3, -0.25) is 4.79 Å². The molecule has 1 unspecified atom stereocenters. The first kappa shape index (κ1) is 12.6. The topological polar surface area (TPSA) is 57.6 Å². The molecule has 1 saturated heterocycles. The molecular weight excluding hydrogens is 230 g/mol. The Labute approximate surface area is 106 Å². The van der Waals surface area contributed by atoms with E-state index in [4.69, 9.17) is 0 Å². The summed E-state index contributed by atoms with van der Waals surface area (Å²) in [6.45, 7) is 4.19. The summed E-state index contributed by atoms with van der Waals surface area (Å²) in [4.78, 5) is 24.6. The molecule has 0 spiro atoms. The van der Waals surface area contributed by atoms with Gasteiger partial charge in [-0.2, -0.15) is 0 Å². The van der Waals surface area contributed by atoms with Crippen LogP contribution < -0.4 is 0 Å². The molecule has 1 aromatic rings. The van der Waals surface area contributed by atoms with E-state index in [2.05, 4.69) is 0 Å². The first-order chi connectivity index (χ1) is 8.42. The molecule has 4 heteroatoms. The molecule has 0 radical (unpaired) electrons. The van der Waals surface area contributed by atoms with E-state index in [-0.39, 0.29) is 5.91 Å². The number of amides is 1. The van der Waals surface area contributed by atoms with Crippen LogP contribution in [0.25, 0.3) is 0 Å². The Morgan fingerprint density at radius 2 is 2.00 bits per heavy atom. The fourth-order valence-corrected chi connectivity index (χ4v) is 2.28. The van der Waals surface area contributed by atoms with Gasteiger partial charge in [-0.1, -0.05) is 30.3 Å². The van der Waals surface area contributed by atoms with Gasteiger partial charge in [-0.05, 0) is 19.4 Å². The van der Waals surface area contributed by atoms with Gasteiger partial charge in [0.15, 0.2) is 0 Å². The van der Waals surface area contributed by atoms with Crippen LogP contribution in [0.4, 0.5) is 0 Å². The second kappa shape index (κ2) is 4.44. The Bertz CT molecular complexity index is 467. The predicted octanol–water partition coefficient (Wildman–Crippen LogP) is 1.55. The number of nitrogens with zero attached hydrogens (tertiary/aromatic N) is 1. The number of carbonyl (C=O) groups is 2. The summed E-state index contributed by atoms with van der Waals surface area (Å²) in [6, 6.07) is 8.63. The molecular formula is C14H17NO3. The molecule has 1 amide bonds. The lowest BCUT2D eigenvalue weighted by Gasteiger charge is -2.47. The SMILES string of the molecule is CC1(C)CN(C(Cc2ccccc2)C(=O)O)C1=O. The summed E-state index contributed by atoms with van der Waals surface area (Å²) in [5, 5.41) is 9.26. The Morgan fingerprint density at radius 1 is 1.39 bits per heavy atom. The Hall–Kier alpha value is -1.84. The van der Waals surface area contributed by atoms with Crippen molar-refractivity contribution in [2.24, 2.45) is 5.41 Å². The standard InChI is InChI=1S/C14H17NO3/c1-14(2)9-15(13(14)18)11(12(16)17)8-10-6-4-3-5-7-10/h3-7,11H,8-9H2,1-2H3,(H,16,17). The number of carbonyl (C=O) groups excluding carboxylic acids is 1. The van der Waals surface area contributed by atoms with Crippen LogP contribution in [0, 0.1) is 5.41 Å². The zero-order chi connectivity index (χ0) is 13.3. The molecule has 1 aliphatic heterocycles. The summed E-state index contributed by atoms with van der Waals surface area (Å²) in [5.74, 6) is -1.02. The molecule has 0 saturated carbocycles. The summed E-state index contributed by atoms with van der Waals surface area (Å²) in [6.07, 6.45) is 0.359. The lowest BCUT2D eigenvalue weighted by Crippen LogP contribution is -2.64. The highest BCUT2D eigenvalue weighted by Gasteiger charge is 2.48. The van der Waals surface area contributed by atoms with Crippen LogP contribution in [0.2, 0.25) is 0 Å². The minimum atomic E-state index is -0.942. The van der Waals surface area contributed by atoms with Crippen LogP contribution in [0.15, 0.2) is 30.3 Å². The Balaban J connectivity index is 2.12. The van der Waals surface area contributed by atoms with E-state index in [0.29, 0.717) is 13.0 Å². The van der Waals surface area contributed by atoms with E-state index < -0.39 is 17.4 Å². The highest BCUT2D eigenvalue weighted by molar-refractivity contribution is 5.92. The quantitative estimate of drug-likeness (QED) is 0.821. The third kappa shape index (κ3) is 2.23. The van der Waals surface area contributed by atoms with Crippen LogP contribution in [0.3, 0.4) is 0 Å². The second-order valence-electron chi connectivity index (χ2n) is 5.36. The molecule has 1 aromatic carbocycles. The van der Waals surface area contributed by atoms with Crippen LogP contribution >= 0.6 is 0 Å². The zero-order valence-electron chi connectivity index (χ0n) is 10.6. The molecule has 0 aromatic heterocycles. The first-order valence-corrected chi connectivity index (χ1v) is 5.99. The molecule has 0 aliphatic carbocycles. The van der Waals surface area contributed by atoms with E-state index in [9.17, 15) is 14.7 Å². The first-order valence-electron chi connectivity index (χ1n) is 5.99. The third-order valence-corrected chi connectivity index (χ3v) is 3.34. The van der Waals surface area contributed by atoms with Gasteiger partial charge in [0.1, 0.15) is 6.04 Å². The average molecular weight is 247 g/mol. The van der Waals surface area contributed by atoms with Crippen LogP contribution in [0.1, 0.15) is 19.4 Å². The van der Waals surface area contributed by atoms with Crippen LogP contribution in [0.5, 0.6) is 0 Å². The van der Waals surface area contributed by atoms with Gasteiger partial charge in [0, 0.05) is 13.0 Å². The van der Waals surface area contributed by atoms with Gasteiger partial charge in [0.25, 0.3) is 0 Å². The van der Waals surface area contributed by atoms with Crippen molar-refractivity contribution >= 4 is 11.9 Å². The van der Waals surface area contributed by atoms with E-state index in [0.717, 1.165) is 5.56 Å². The number of likely N-dealkylation sites (tertiary alicyclic amines) is 1. The number of aliphatic carboxylic acids is 1. The summed E-state index contributed by atoms with van der Waals surface area (Å²) < 4.78 is 0. The normalized spacial score (nSPS) is 19.2. The molecule has 0 bridgehead atoms. The summed E-state index contributed by atoms with van der Waals surface area (Å²) >= 11 is 0. The fraction of sp³-hybridized carbons (Fsp3) is 0.429. The summed E-state index contributed by atoms with van der Waals surface area (Å²) in [5.41, 5.74) is 0.520. The lowest BCUT2D eigenvalue weighted by molar-refractivity contribution is -0.168. The van der Waals surface area contributed by atoms with Gasteiger partial charge < -0.3 is 10.0 Å². The van der Waals surface area contributed by atoms with E-state index in [1.165, 1.54) is 4.90 Å². The largest absolute Gasteiger partial charge is 0.480 e. The molecule has 1 heterocycles. The number of hydrogen-bond donors (Lipinski definition) is 1. The number of benzene rings is 1. The minimum Gasteiger partial charge on any atom is -0.480 e. The molecule has 96 valence electrons. The van der Waals surface area contributed by atoms with Crippen molar-refractivity contribution in [2.75, 3.05) is 6.54 Å². The Kier molecular flexibility index (Phi) is 3.11.